The Balaban J connectivity index is 1.33. The predicted molar refractivity (Wildman–Crippen MR) is 156 cm³/mol. The van der Waals surface area contributed by atoms with Crippen LogP contribution in [0.25, 0.3) is 12.2 Å². The number of fused-ring (bicyclic) bond motifs is 1. The molecule has 0 amide bonds. The van der Waals surface area contributed by atoms with Gasteiger partial charge in [-0.15, -0.1) is 0 Å². The lowest BCUT2D eigenvalue weighted by atomic mass is 9.95. The van der Waals surface area contributed by atoms with Gasteiger partial charge >= 0.3 is 11.9 Å². The minimum absolute atomic E-state index is 0.00270. The zero-order chi connectivity index (χ0) is 29.5. The van der Waals surface area contributed by atoms with Crippen LogP contribution in [0.4, 0.5) is 0 Å². The van der Waals surface area contributed by atoms with Crippen LogP contribution in [0.3, 0.4) is 0 Å². The summed E-state index contributed by atoms with van der Waals surface area (Å²) in [6, 6.07) is 26.0. The lowest BCUT2D eigenvalue weighted by Crippen LogP contribution is -2.21. The Hall–Kier alpha value is -5.63. The third-order valence-corrected chi connectivity index (χ3v) is 6.39. The third kappa shape index (κ3) is 6.74. The first-order valence-corrected chi connectivity index (χ1v) is 13.0. The molecule has 4 aromatic carbocycles. The van der Waals surface area contributed by atoms with Crippen molar-refractivity contribution in [2.75, 3.05) is 7.11 Å². The molecule has 0 aromatic heterocycles. The molecule has 0 saturated carbocycles. The van der Waals surface area contributed by atoms with E-state index in [1.807, 2.05) is 60.7 Å². The molecule has 8 heteroatoms. The maximum Gasteiger partial charge on any atom is 0.336 e. The summed E-state index contributed by atoms with van der Waals surface area (Å²) in [5.74, 6) is -1.46. The Kier molecular flexibility index (Phi) is 8.44. The van der Waals surface area contributed by atoms with Crippen molar-refractivity contribution in [2.24, 2.45) is 0 Å². The molecule has 0 bridgehead atoms. The first kappa shape index (κ1) is 27.9. The summed E-state index contributed by atoms with van der Waals surface area (Å²) in [5.41, 5.74) is 2.19. The van der Waals surface area contributed by atoms with E-state index in [0.29, 0.717) is 11.3 Å². The Morgan fingerprint density at radius 2 is 1.43 bits per heavy atom. The van der Waals surface area contributed by atoms with E-state index >= 15 is 0 Å². The topological polar surface area (TPSA) is 108 Å². The van der Waals surface area contributed by atoms with Crippen molar-refractivity contribution < 1.29 is 38.4 Å². The van der Waals surface area contributed by atoms with Crippen LogP contribution in [0, 0.1) is 0 Å². The number of phenols is 1. The van der Waals surface area contributed by atoms with Gasteiger partial charge in [-0.1, -0.05) is 66.7 Å². The number of ketones is 1. The first-order chi connectivity index (χ1) is 20.4. The fourth-order valence-electron chi connectivity index (χ4n) is 4.38. The van der Waals surface area contributed by atoms with Gasteiger partial charge in [-0.25, -0.2) is 9.59 Å². The number of carbonyl (C=O) groups excluding carboxylic acids is 3. The summed E-state index contributed by atoms with van der Waals surface area (Å²) >= 11 is 0. The normalized spacial score (nSPS) is 14.3. The number of Topliss-reactive ketones (excluding diaryl/α,β-unsaturated/α-hetero) is 1. The maximum absolute atomic E-state index is 13.0. The number of hydrogen-bond donors (Lipinski definition) is 1. The third-order valence-electron chi connectivity index (χ3n) is 6.39. The second-order valence-electron chi connectivity index (χ2n) is 9.29. The fourth-order valence-corrected chi connectivity index (χ4v) is 4.38. The fraction of sp³-hybridized carbons (Fsp3) is 0.0882. The Morgan fingerprint density at radius 1 is 0.810 bits per heavy atom. The highest BCUT2D eigenvalue weighted by atomic mass is 16.6. The predicted octanol–water partition coefficient (Wildman–Crippen LogP) is 6.34. The van der Waals surface area contributed by atoms with Gasteiger partial charge in [0.05, 0.1) is 13.5 Å². The average Bonchev–Trinajstić information content (AvgIpc) is 2.99. The van der Waals surface area contributed by atoms with Gasteiger partial charge < -0.3 is 24.1 Å². The van der Waals surface area contributed by atoms with Gasteiger partial charge in [-0.05, 0) is 41.0 Å². The van der Waals surface area contributed by atoms with Crippen LogP contribution >= 0.6 is 0 Å². The first-order valence-electron chi connectivity index (χ1n) is 13.0. The molecule has 1 aliphatic heterocycles. The quantitative estimate of drug-likeness (QED) is 0.150. The summed E-state index contributed by atoms with van der Waals surface area (Å²) < 4.78 is 22.3. The zero-order valence-electron chi connectivity index (χ0n) is 22.6. The second-order valence-corrected chi connectivity index (χ2v) is 9.29. The standard InChI is InChI=1S/C34H26O8/c1-39-28-15-14-24(18-30(28)42-33(38)17-13-23-10-6-3-7-11-23)29-21-27(36)34-26(35)19-25(20-31(34)41-29)40-32(37)16-12-22-8-4-2-5-9-22/h2-20,29,35H,21H2,1H3/b16-12+,17-13+/t29-/m0/s1. The number of rotatable bonds is 8. The summed E-state index contributed by atoms with van der Waals surface area (Å²) in [4.78, 5) is 37.9. The summed E-state index contributed by atoms with van der Waals surface area (Å²) in [5, 5.41) is 10.5. The molecule has 0 unspecified atom stereocenters. The van der Waals surface area contributed by atoms with Crippen molar-refractivity contribution in [1.82, 2.24) is 0 Å². The van der Waals surface area contributed by atoms with E-state index in [1.54, 1.807) is 30.4 Å². The largest absolute Gasteiger partial charge is 0.507 e. The smallest absolute Gasteiger partial charge is 0.336 e. The van der Waals surface area contributed by atoms with E-state index < -0.39 is 18.0 Å². The minimum Gasteiger partial charge on any atom is -0.507 e. The molecule has 210 valence electrons. The van der Waals surface area contributed by atoms with Crippen molar-refractivity contribution in [3.63, 3.8) is 0 Å². The summed E-state index contributed by atoms with van der Waals surface area (Å²) in [6.45, 7) is 0. The molecule has 0 fully saturated rings. The number of phenolic OH excluding ortho intramolecular Hbond substituents is 1. The van der Waals surface area contributed by atoms with Crippen LogP contribution in [0.2, 0.25) is 0 Å². The van der Waals surface area contributed by atoms with Gasteiger partial charge in [0.1, 0.15) is 28.9 Å². The highest BCUT2D eigenvalue weighted by Crippen LogP contribution is 2.43. The number of benzene rings is 4. The molecule has 0 saturated heterocycles. The maximum atomic E-state index is 13.0. The Bertz CT molecular complexity index is 1670. The molecule has 0 spiro atoms. The highest BCUT2D eigenvalue weighted by Gasteiger charge is 2.32. The molecule has 4 aromatic rings. The number of ether oxygens (including phenoxy) is 4. The minimum atomic E-state index is -0.767. The number of hydrogen-bond acceptors (Lipinski definition) is 8. The molecule has 0 aliphatic carbocycles. The van der Waals surface area contributed by atoms with Crippen LogP contribution in [-0.4, -0.2) is 29.9 Å². The van der Waals surface area contributed by atoms with E-state index in [0.717, 1.165) is 11.1 Å². The Labute approximate surface area is 242 Å². The van der Waals surface area contributed by atoms with Crippen LogP contribution < -0.4 is 18.9 Å². The second kappa shape index (κ2) is 12.7. The van der Waals surface area contributed by atoms with Crippen molar-refractivity contribution in [1.29, 1.82) is 0 Å². The van der Waals surface area contributed by atoms with Gasteiger partial charge in [-0.3, -0.25) is 4.79 Å². The number of carbonyl (C=O) groups is 3. The van der Waals surface area contributed by atoms with Crippen molar-refractivity contribution in [3.05, 3.63) is 125 Å². The molecule has 0 radical (unpaired) electrons. The Morgan fingerprint density at radius 3 is 2.05 bits per heavy atom. The molecule has 42 heavy (non-hydrogen) atoms. The zero-order valence-corrected chi connectivity index (χ0v) is 22.6. The molecular weight excluding hydrogens is 536 g/mol. The summed E-state index contributed by atoms with van der Waals surface area (Å²) in [7, 11) is 1.45. The molecule has 5 rings (SSSR count). The highest BCUT2D eigenvalue weighted by molar-refractivity contribution is 6.03. The van der Waals surface area contributed by atoms with Gasteiger partial charge in [0.15, 0.2) is 17.3 Å². The van der Waals surface area contributed by atoms with Crippen LogP contribution in [0.5, 0.6) is 28.7 Å². The molecule has 1 aliphatic rings. The van der Waals surface area contributed by atoms with Crippen molar-refractivity contribution in [2.45, 2.75) is 12.5 Å². The SMILES string of the molecule is COc1ccc([C@@H]2CC(=O)c3c(O)cc(OC(=O)/C=C/c4ccccc4)cc3O2)cc1OC(=O)/C=C/c1ccccc1. The van der Waals surface area contributed by atoms with Gasteiger partial charge in [-0.2, -0.15) is 0 Å². The number of aromatic hydroxyl groups is 1. The van der Waals surface area contributed by atoms with Gasteiger partial charge in [0.25, 0.3) is 0 Å². The van der Waals surface area contributed by atoms with E-state index in [1.165, 1.54) is 31.4 Å². The molecule has 8 nitrogen and oxygen atoms in total. The lowest BCUT2D eigenvalue weighted by Gasteiger charge is -2.26. The van der Waals surface area contributed by atoms with Gasteiger partial charge in [0.2, 0.25) is 0 Å². The van der Waals surface area contributed by atoms with E-state index in [-0.39, 0.29) is 40.8 Å². The average molecular weight is 563 g/mol. The van der Waals surface area contributed by atoms with Crippen LogP contribution in [0.15, 0.2) is 103 Å². The van der Waals surface area contributed by atoms with Crippen LogP contribution in [-0.2, 0) is 9.59 Å². The van der Waals surface area contributed by atoms with E-state index in [2.05, 4.69) is 0 Å². The molecule has 1 N–H and O–H groups in total. The van der Waals surface area contributed by atoms with Crippen LogP contribution in [0.1, 0.15) is 39.6 Å². The van der Waals surface area contributed by atoms with Crippen molar-refractivity contribution >= 4 is 29.9 Å². The number of methoxy groups -OCH3 is 1. The van der Waals surface area contributed by atoms with Gasteiger partial charge in [0, 0.05) is 24.3 Å². The van der Waals surface area contributed by atoms with E-state index in [4.69, 9.17) is 18.9 Å². The van der Waals surface area contributed by atoms with E-state index in [9.17, 15) is 19.5 Å². The van der Waals surface area contributed by atoms with Crippen molar-refractivity contribution in [3.8, 4) is 28.7 Å². The summed E-state index contributed by atoms with van der Waals surface area (Å²) in [6.07, 6.45) is 4.95. The number of esters is 2. The molecule has 1 heterocycles. The lowest BCUT2D eigenvalue weighted by molar-refractivity contribution is -0.129. The molecule has 1 atom stereocenters. The monoisotopic (exact) mass is 562 g/mol. The molecular formula is C34H26O8.